The Balaban J connectivity index is 1.75. The van der Waals surface area contributed by atoms with Crippen molar-refractivity contribution in [1.82, 2.24) is 10.2 Å². The molecule has 2 aromatic rings. The van der Waals surface area contributed by atoms with Crippen molar-refractivity contribution in [2.45, 2.75) is 17.0 Å². The average Bonchev–Trinajstić information content (AvgIpc) is 2.88. The number of benzene rings is 1. The van der Waals surface area contributed by atoms with Crippen LogP contribution in [0.1, 0.15) is 12.5 Å². The lowest BCUT2D eigenvalue weighted by molar-refractivity contribution is -0.113. The number of thioether (sulfide) groups is 2. The molecule has 0 radical (unpaired) electrons. The van der Waals surface area contributed by atoms with Crippen molar-refractivity contribution in [3.8, 4) is 0 Å². The van der Waals surface area contributed by atoms with Gasteiger partial charge >= 0.3 is 0 Å². The Morgan fingerprint density at radius 2 is 2.19 bits per heavy atom. The van der Waals surface area contributed by atoms with Crippen LogP contribution < -0.4 is 5.32 Å². The van der Waals surface area contributed by atoms with Gasteiger partial charge in [0.2, 0.25) is 11.0 Å². The van der Waals surface area contributed by atoms with Gasteiger partial charge in [0.1, 0.15) is 5.82 Å². The van der Waals surface area contributed by atoms with E-state index in [4.69, 9.17) is 0 Å². The van der Waals surface area contributed by atoms with E-state index in [0.29, 0.717) is 16.4 Å². The maximum Gasteiger partial charge on any atom is 0.236 e. The van der Waals surface area contributed by atoms with Crippen molar-refractivity contribution in [3.05, 3.63) is 35.6 Å². The highest BCUT2D eigenvalue weighted by atomic mass is 32.2. The SMILES string of the molecule is CCSc1nnc(NC(=O)CSCc2ccccc2F)s1. The summed E-state index contributed by atoms with van der Waals surface area (Å²) in [5.41, 5.74) is 0.604. The summed E-state index contributed by atoms with van der Waals surface area (Å²) in [6.45, 7) is 2.03. The second kappa shape index (κ2) is 8.35. The highest BCUT2D eigenvalue weighted by molar-refractivity contribution is 8.01. The van der Waals surface area contributed by atoms with Crippen LogP contribution in [0.2, 0.25) is 0 Å². The van der Waals surface area contributed by atoms with Gasteiger partial charge in [-0.05, 0) is 17.4 Å². The number of halogens is 1. The molecule has 0 atom stereocenters. The zero-order chi connectivity index (χ0) is 15.1. The molecule has 112 valence electrons. The lowest BCUT2D eigenvalue weighted by Crippen LogP contribution is -2.14. The van der Waals surface area contributed by atoms with Crippen LogP contribution in [0.15, 0.2) is 28.6 Å². The normalized spacial score (nSPS) is 10.6. The number of amides is 1. The fraction of sp³-hybridized carbons (Fsp3) is 0.308. The van der Waals surface area contributed by atoms with E-state index in [1.165, 1.54) is 29.2 Å². The van der Waals surface area contributed by atoms with E-state index in [1.807, 2.05) is 6.92 Å². The van der Waals surface area contributed by atoms with E-state index in [9.17, 15) is 9.18 Å². The van der Waals surface area contributed by atoms with Crippen molar-refractivity contribution >= 4 is 45.9 Å². The molecule has 0 aliphatic carbocycles. The van der Waals surface area contributed by atoms with E-state index in [0.717, 1.165) is 10.1 Å². The van der Waals surface area contributed by atoms with Crippen molar-refractivity contribution in [3.63, 3.8) is 0 Å². The van der Waals surface area contributed by atoms with Crippen molar-refractivity contribution in [2.24, 2.45) is 0 Å². The number of hydrogen-bond donors (Lipinski definition) is 1. The summed E-state index contributed by atoms with van der Waals surface area (Å²) in [6.07, 6.45) is 0. The first kappa shape index (κ1) is 16.3. The maximum absolute atomic E-state index is 13.4. The molecule has 0 unspecified atom stereocenters. The van der Waals surface area contributed by atoms with Gasteiger partial charge in [-0.1, -0.05) is 48.2 Å². The predicted octanol–water partition coefficient (Wildman–Crippen LogP) is 3.66. The molecule has 0 spiro atoms. The summed E-state index contributed by atoms with van der Waals surface area (Å²) in [7, 11) is 0. The Hall–Kier alpha value is -1.12. The molecule has 2 rings (SSSR count). The largest absolute Gasteiger partial charge is 0.300 e. The van der Waals surface area contributed by atoms with Gasteiger partial charge < -0.3 is 0 Å². The van der Waals surface area contributed by atoms with Gasteiger partial charge in [-0.25, -0.2) is 4.39 Å². The summed E-state index contributed by atoms with van der Waals surface area (Å²) in [4.78, 5) is 11.8. The molecule has 0 bridgehead atoms. The topological polar surface area (TPSA) is 54.9 Å². The predicted molar refractivity (Wildman–Crippen MR) is 87.5 cm³/mol. The van der Waals surface area contributed by atoms with E-state index >= 15 is 0 Å². The van der Waals surface area contributed by atoms with Crippen LogP contribution in [0.25, 0.3) is 0 Å². The molecule has 1 aromatic carbocycles. The highest BCUT2D eigenvalue weighted by Crippen LogP contribution is 2.25. The Bertz CT molecular complexity index is 606. The molecule has 1 N–H and O–H groups in total. The van der Waals surface area contributed by atoms with Gasteiger partial charge in [0.05, 0.1) is 5.75 Å². The van der Waals surface area contributed by atoms with Crippen LogP contribution in [0, 0.1) is 5.82 Å². The smallest absolute Gasteiger partial charge is 0.236 e. The number of aromatic nitrogens is 2. The molecule has 0 aliphatic heterocycles. The summed E-state index contributed by atoms with van der Waals surface area (Å²) >= 11 is 4.31. The number of rotatable bonds is 7. The highest BCUT2D eigenvalue weighted by Gasteiger charge is 2.09. The first-order chi connectivity index (χ1) is 10.2. The number of anilines is 1. The Labute approximate surface area is 134 Å². The van der Waals surface area contributed by atoms with Crippen LogP contribution in [-0.2, 0) is 10.5 Å². The maximum atomic E-state index is 13.4. The molecule has 0 aliphatic rings. The lowest BCUT2D eigenvalue weighted by Gasteiger charge is -2.03. The minimum absolute atomic E-state index is 0.152. The first-order valence-corrected chi connectivity index (χ1v) is 9.22. The molecule has 0 saturated carbocycles. The van der Waals surface area contributed by atoms with Gasteiger partial charge in [-0.2, -0.15) is 0 Å². The Morgan fingerprint density at radius 1 is 1.38 bits per heavy atom. The van der Waals surface area contributed by atoms with E-state index in [2.05, 4.69) is 15.5 Å². The molecule has 1 amide bonds. The third kappa shape index (κ3) is 5.29. The van der Waals surface area contributed by atoms with E-state index in [1.54, 1.807) is 30.0 Å². The average molecular weight is 343 g/mol. The zero-order valence-electron chi connectivity index (χ0n) is 11.3. The zero-order valence-corrected chi connectivity index (χ0v) is 13.8. The van der Waals surface area contributed by atoms with Gasteiger partial charge in [-0.15, -0.1) is 22.0 Å². The second-order valence-corrected chi connectivity index (χ2v) is 7.41. The quantitative estimate of drug-likeness (QED) is 0.614. The third-order valence-electron chi connectivity index (χ3n) is 2.37. The molecule has 0 fully saturated rings. The third-order valence-corrected chi connectivity index (χ3v) is 5.20. The molecule has 1 aromatic heterocycles. The molecular weight excluding hydrogens is 329 g/mol. The van der Waals surface area contributed by atoms with Crippen LogP contribution >= 0.6 is 34.9 Å². The number of carbonyl (C=O) groups is 1. The van der Waals surface area contributed by atoms with E-state index in [-0.39, 0.29) is 17.5 Å². The lowest BCUT2D eigenvalue weighted by atomic mass is 10.2. The number of hydrogen-bond acceptors (Lipinski definition) is 6. The van der Waals surface area contributed by atoms with E-state index < -0.39 is 0 Å². The molecule has 4 nitrogen and oxygen atoms in total. The summed E-state index contributed by atoms with van der Waals surface area (Å²) < 4.78 is 14.2. The van der Waals surface area contributed by atoms with Crippen molar-refractivity contribution in [2.75, 3.05) is 16.8 Å². The van der Waals surface area contributed by atoms with Gasteiger partial charge in [0, 0.05) is 5.75 Å². The Morgan fingerprint density at radius 3 is 2.95 bits per heavy atom. The van der Waals surface area contributed by atoms with Crippen LogP contribution in [0.3, 0.4) is 0 Å². The fourth-order valence-corrected chi connectivity index (χ4v) is 3.95. The monoisotopic (exact) mass is 343 g/mol. The molecule has 8 heteroatoms. The minimum atomic E-state index is -0.240. The van der Waals surface area contributed by atoms with Crippen LogP contribution in [0.5, 0.6) is 0 Å². The minimum Gasteiger partial charge on any atom is -0.300 e. The number of nitrogens with zero attached hydrogens (tertiary/aromatic N) is 2. The molecule has 0 saturated heterocycles. The van der Waals surface area contributed by atoms with Gasteiger partial charge in [0.15, 0.2) is 4.34 Å². The number of carbonyl (C=O) groups excluding carboxylic acids is 1. The van der Waals surface area contributed by atoms with Crippen LogP contribution in [0.4, 0.5) is 9.52 Å². The summed E-state index contributed by atoms with van der Waals surface area (Å²) in [5.74, 6) is 1.24. The molecule has 1 heterocycles. The second-order valence-electron chi connectivity index (χ2n) is 3.94. The van der Waals surface area contributed by atoms with Gasteiger partial charge in [0.25, 0.3) is 0 Å². The van der Waals surface area contributed by atoms with Crippen molar-refractivity contribution in [1.29, 1.82) is 0 Å². The first-order valence-electron chi connectivity index (χ1n) is 6.26. The number of nitrogens with one attached hydrogen (secondary N) is 1. The van der Waals surface area contributed by atoms with Gasteiger partial charge in [-0.3, -0.25) is 10.1 Å². The van der Waals surface area contributed by atoms with Crippen molar-refractivity contribution < 1.29 is 9.18 Å². The molecular formula is C13H14FN3OS3. The Kier molecular flexibility index (Phi) is 6.47. The molecule has 21 heavy (non-hydrogen) atoms. The standard InChI is InChI=1S/C13H14FN3OS3/c1-2-20-13-17-16-12(21-13)15-11(18)8-19-7-9-5-3-4-6-10(9)14/h3-6H,2,7-8H2,1H3,(H,15,16,18). The summed E-state index contributed by atoms with van der Waals surface area (Å²) in [5, 5.41) is 11.1. The van der Waals surface area contributed by atoms with Crippen LogP contribution in [-0.4, -0.2) is 27.6 Å². The summed E-state index contributed by atoms with van der Waals surface area (Å²) in [6, 6.07) is 6.58. The fourth-order valence-electron chi connectivity index (χ4n) is 1.47.